The Morgan fingerprint density at radius 3 is 2.65 bits per heavy atom. The van der Waals surface area contributed by atoms with Crippen molar-refractivity contribution in [1.29, 1.82) is 0 Å². The van der Waals surface area contributed by atoms with E-state index in [4.69, 9.17) is 9.47 Å². The SMILES string of the molecule is Cc1cc(OCc2ccccc2)c(C)c2c1O[C@@](C)(CO)CC2. The van der Waals surface area contributed by atoms with Gasteiger partial charge in [0.15, 0.2) is 0 Å². The summed E-state index contributed by atoms with van der Waals surface area (Å²) >= 11 is 0. The summed E-state index contributed by atoms with van der Waals surface area (Å²) in [6, 6.07) is 12.2. The number of aliphatic hydroxyl groups is 1. The second kappa shape index (κ2) is 6.25. The Kier molecular flexibility index (Phi) is 4.31. The number of ether oxygens (including phenoxy) is 2. The van der Waals surface area contributed by atoms with Crippen molar-refractivity contribution < 1.29 is 14.6 Å². The van der Waals surface area contributed by atoms with E-state index in [0.29, 0.717) is 6.61 Å². The van der Waals surface area contributed by atoms with E-state index >= 15 is 0 Å². The Balaban J connectivity index is 1.86. The van der Waals surface area contributed by atoms with Gasteiger partial charge in [-0.3, -0.25) is 0 Å². The molecule has 0 bridgehead atoms. The molecule has 3 rings (SSSR count). The van der Waals surface area contributed by atoms with E-state index in [0.717, 1.165) is 41.0 Å². The van der Waals surface area contributed by atoms with Crippen LogP contribution in [0.4, 0.5) is 0 Å². The number of fused-ring (bicyclic) bond motifs is 1. The van der Waals surface area contributed by atoms with Crippen LogP contribution in [0.2, 0.25) is 0 Å². The maximum atomic E-state index is 9.55. The van der Waals surface area contributed by atoms with Gasteiger partial charge in [0, 0.05) is 5.56 Å². The van der Waals surface area contributed by atoms with Crippen LogP contribution < -0.4 is 9.47 Å². The molecule has 3 nitrogen and oxygen atoms in total. The standard InChI is InChI=1S/C20H24O3/c1-14-11-18(22-12-16-7-5-4-6-8-16)15(2)17-9-10-20(3,13-21)23-19(14)17/h4-8,11,21H,9-10,12-13H2,1-3H3/t20-/m1/s1. The third-order valence-electron chi connectivity index (χ3n) is 4.63. The molecule has 2 aromatic carbocycles. The van der Waals surface area contributed by atoms with Crippen LogP contribution in [0, 0.1) is 13.8 Å². The predicted octanol–water partition coefficient (Wildman–Crippen LogP) is 3.96. The zero-order valence-electron chi connectivity index (χ0n) is 14.1. The number of rotatable bonds is 4. The van der Waals surface area contributed by atoms with Gasteiger partial charge in [-0.1, -0.05) is 30.3 Å². The fraction of sp³-hybridized carbons (Fsp3) is 0.400. The highest BCUT2D eigenvalue weighted by Gasteiger charge is 2.33. The van der Waals surface area contributed by atoms with Crippen LogP contribution >= 0.6 is 0 Å². The predicted molar refractivity (Wildman–Crippen MR) is 91.1 cm³/mol. The van der Waals surface area contributed by atoms with Gasteiger partial charge in [0.05, 0.1) is 6.61 Å². The van der Waals surface area contributed by atoms with Crippen molar-refractivity contribution in [3.8, 4) is 11.5 Å². The van der Waals surface area contributed by atoms with E-state index in [1.54, 1.807) is 0 Å². The average Bonchev–Trinajstić information content (AvgIpc) is 2.58. The van der Waals surface area contributed by atoms with Crippen LogP contribution in [-0.4, -0.2) is 17.3 Å². The van der Waals surface area contributed by atoms with E-state index in [-0.39, 0.29) is 6.61 Å². The van der Waals surface area contributed by atoms with Crippen molar-refractivity contribution in [2.75, 3.05) is 6.61 Å². The molecule has 1 N–H and O–H groups in total. The Labute approximate surface area is 137 Å². The number of hydrogen-bond acceptors (Lipinski definition) is 3. The van der Waals surface area contributed by atoms with E-state index in [1.807, 2.05) is 38.1 Å². The fourth-order valence-electron chi connectivity index (χ4n) is 3.05. The Morgan fingerprint density at radius 1 is 1.22 bits per heavy atom. The first kappa shape index (κ1) is 15.9. The fourth-order valence-corrected chi connectivity index (χ4v) is 3.05. The van der Waals surface area contributed by atoms with Crippen LogP contribution in [0.25, 0.3) is 0 Å². The molecule has 0 aromatic heterocycles. The van der Waals surface area contributed by atoms with Crippen molar-refractivity contribution in [3.05, 3.63) is 58.7 Å². The van der Waals surface area contributed by atoms with Crippen LogP contribution in [0.5, 0.6) is 11.5 Å². The molecule has 0 saturated carbocycles. The lowest BCUT2D eigenvalue weighted by atomic mass is 9.89. The summed E-state index contributed by atoms with van der Waals surface area (Å²) in [5.41, 5.74) is 4.09. The normalized spacial score (nSPS) is 19.8. The molecule has 0 unspecified atom stereocenters. The molecule has 122 valence electrons. The molecule has 3 heteroatoms. The Bertz CT molecular complexity index is 694. The lowest BCUT2D eigenvalue weighted by molar-refractivity contribution is 0.00723. The minimum atomic E-state index is -0.476. The molecule has 2 aromatic rings. The highest BCUT2D eigenvalue weighted by molar-refractivity contribution is 5.54. The largest absolute Gasteiger partial charge is 0.489 e. The first-order chi connectivity index (χ1) is 11.0. The molecule has 0 aliphatic carbocycles. The van der Waals surface area contributed by atoms with Crippen molar-refractivity contribution in [2.45, 2.75) is 45.8 Å². The van der Waals surface area contributed by atoms with Gasteiger partial charge < -0.3 is 14.6 Å². The molecular formula is C20H24O3. The number of benzene rings is 2. The van der Waals surface area contributed by atoms with E-state index in [1.165, 1.54) is 5.56 Å². The quantitative estimate of drug-likeness (QED) is 0.929. The molecule has 1 aliphatic rings. The smallest absolute Gasteiger partial charge is 0.129 e. The minimum absolute atomic E-state index is 0.0389. The summed E-state index contributed by atoms with van der Waals surface area (Å²) in [6.07, 6.45) is 1.72. The summed E-state index contributed by atoms with van der Waals surface area (Å²) in [4.78, 5) is 0. The second-order valence-corrected chi connectivity index (χ2v) is 6.61. The van der Waals surface area contributed by atoms with Crippen molar-refractivity contribution in [3.63, 3.8) is 0 Å². The van der Waals surface area contributed by atoms with Gasteiger partial charge in [-0.05, 0) is 56.4 Å². The second-order valence-electron chi connectivity index (χ2n) is 6.61. The van der Waals surface area contributed by atoms with E-state index in [2.05, 4.69) is 19.1 Å². The Hall–Kier alpha value is -2.00. The number of aryl methyl sites for hydroxylation is 1. The summed E-state index contributed by atoms with van der Waals surface area (Å²) < 4.78 is 12.1. The Morgan fingerprint density at radius 2 is 1.96 bits per heavy atom. The highest BCUT2D eigenvalue weighted by atomic mass is 16.5. The van der Waals surface area contributed by atoms with Gasteiger partial charge in [-0.25, -0.2) is 0 Å². The van der Waals surface area contributed by atoms with Gasteiger partial charge in [-0.15, -0.1) is 0 Å². The molecule has 1 heterocycles. The summed E-state index contributed by atoms with van der Waals surface area (Å²) in [7, 11) is 0. The molecule has 23 heavy (non-hydrogen) atoms. The molecule has 0 spiro atoms. The molecule has 0 fully saturated rings. The van der Waals surface area contributed by atoms with Gasteiger partial charge in [-0.2, -0.15) is 0 Å². The van der Waals surface area contributed by atoms with Gasteiger partial charge in [0.2, 0.25) is 0 Å². The van der Waals surface area contributed by atoms with Crippen molar-refractivity contribution in [1.82, 2.24) is 0 Å². The zero-order valence-corrected chi connectivity index (χ0v) is 14.1. The minimum Gasteiger partial charge on any atom is -0.489 e. The summed E-state index contributed by atoms with van der Waals surface area (Å²) in [5, 5.41) is 9.55. The number of hydrogen-bond donors (Lipinski definition) is 1. The van der Waals surface area contributed by atoms with Gasteiger partial charge >= 0.3 is 0 Å². The van der Waals surface area contributed by atoms with Crippen LogP contribution in [-0.2, 0) is 13.0 Å². The van der Waals surface area contributed by atoms with E-state index < -0.39 is 5.60 Å². The first-order valence-electron chi connectivity index (χ1n) is 8.12. The average molecular weight is 312 g/mol. The molecule has 1 aliphatic heterocycles. The lowest BCUT2D eigenvalue weighted by Crippen LogP contribution is -2.40. The van der Waals surface area contributed by atoms with Crippen LogP contribution in [0.3, 0.4) is 0 Å². The zero-order chi connectivity index (χ0) is 16.4. The maximum Gasteiger partial charge on any atom is 0.129 e. The van der Waals surface area contributed by atoms with Crippen LogP contribution in [0.15, 0.2) is 36.4 Å². The highest BCUT2D eigenvalue weighted by Crippen LogP contribution is 2.41. The topological polar surface area (TPSA) is 38.7 Å². The number of aliphatic hydroxyl groups excluding tert-OH is 1. The monoisotopic (exact) mass is 312 g/mol. The third kappa shape index (κ3) is 3.20. The molecule has 0 radical (unpaired) electrons. The third-order valence-corrected chi connectivity index (χ3v) is 4.63. The van der Waals surface area contributed by atoms with Gasteiger partial charge in [0.25, 0.3) is 0 Å². The maximum absolute atomic E-state index is 9.55. The molecule has 1 atom stereocenters. The van der Waals surface area contributed by atoms with Crippen molar-refractivity contribution in [2.24, 2.45) is 0 Å². The molecule has 0 amide bonds. The van der Waals surface area contributed by atoms with E-state index in [9.17, 15) is 5.11 Å². The molecule has 0 saturated heterocycles. The van der Waals surface area contributed by atoms with Crippen molar-refractivity contribution >= 4 is 0 Å². The van der Waals surface area contributed by atoms with Gasteiger partial charge in [0.1, 0.15) is 23.7 Å². The van der Waals surface area contributed by atoms with Crippen LogP contribution in [0.1, 0.15) is 35.6 Å². The lowest BCUT2D eigenvalue weighted by Gasteiger charge is -2.36. The molecular weight excluding hydrogens is 288 g/mol. The summed E-state index contributed by atoms with van der Waals surface area (Å²) in [5.74, 6) is 1.83. The summed E-state index contributed by atoms with van der Waals surface area (Å²) in [6.45, 7) is 6.69. The first-order valence-corrected chi connectivity index (χ1v) is 8.12.